The second-order valence-electron chi connectivity index (χ2n) is 7.69. The van der Waals surface area contributed by atoms with Gasteiger partial charge in [-0.15, -0.1) is 0 Å². The zero-order valence-electron chi connectivity index (χ0n) is 15.5. The summed E-state index contributed by atoms with van der Waals surface area (Å²) in [5, 5.41) is 8.53. The third kappa shape index (κ3) is 4.42. The van der Waals surface area contributed by atoms with Crippen LogP contribution in [-0.4, -0.2) is 5.91 Å². The molecule has 29 heavy (non-hydrogen) atoms. The van der Waals surface area contributed by atoms with Crippen LogP contribution in [0, 0.1) is 34.8 Å². The molecule has 7 heteroatoms. The molecule has 0 saturated heterocycles. The second-order valence-corrected chi connectivity index (χ2v) is 7.69. The van der Waals surface area contributed by atoms with E-state index < -0.39 is 34.8 Å². The Kier molecular flexibility index (Phi) is 5.65. The zero-order chi connectivity index (χ0) is 21.2. The lowest BCUT2D eigenvalue weighted by molar-refractivity contribution is -0.131. The summed E-state index contributed by atoms with van der Waals surface area (Å²) in [6, 6.07) is 13.0. The summed E-state index contributed by atoms with van der Waals surface area (Å²) in [7, 11) is 0. The van der Waals surface area contributed by atoms with Gasteiger partial charge in [0.05, 0.1) is 12.0 Å². The van der Waals surface area contributed by atoms with Crippen LogP contribution in [0.4, 0.5) is 17.6 Å². The fraction of sp³-hybridized carbons (Fsp3) is 0.364. The van der Waals surface area contributed by atoms with E-state index in [1.807, 2.05) is 6.07 Å². The van der Waals surface area contributed by atoms with Gasteiger partial charge in [0.25, 0.3) is 0 Å². The van der Waals surface area contributed by atoms with E-state index in [0.717, 1.165) is 6.07 Å². The first-order chi connectivity index (χ1) is 13.6. The molecule has 0 heterocycles. The van der Waals surface area contributed by atoms with Gasteiger partial charge >= 0.3 is 0 Å². The molecule has 2 aliphatic carbocycles. The normalized spacial score (nSPS) is 30.0. The van der Waals surface area contributed by atoms with Crippen LogP contribution in [0.3, 0.4) is 0 Å². The number of hydrogen-bond donors (Lipinski definition) is 1. The largest absolute Gasteiger partial charge is 0.369 e. The highest BCUT2D eigenvalue weighted by Gasteiger charge is 2.48. The maximum Gasteiger partial charge on any atom is 0.220 e. The third-order valence-corrected chi connectivity index (χ3v) is 5.55. The van der Waals surface area contributed by atoms with E-state index in [0.29, 0.717) is 11.1 Å². The first-order valence-electron chi connectivity index (χ1n) is 9.24. The number of rotatable bonds is 3. The van der Waals surface area contributed by atoms with Crippen LogP contribution in [0.1, 0.15) is 36.8 Å². The minimum atomic E-state index is -1.58. The standard InChI is InChI=1S/C11H11F2NO.C11H9F2N/c12-9-3-1-2-8(4-9)11(13)5-7(6-11)10(14)15;12-10-3-1-2-9(4-10)11(13)5-8(6-11)7-14/h1-4,7H,5-6H2,(H2,14,15);1-4,8H,5-6H2. The predicted molar refractivity (Wildman–Crippen MR) is 98.6 cm³/mol. The minimum absolute atomic E-state index is 0.0613. The third-order valence-electron chi connectivity index (χ3n) is 5.55. The molecule has 0 atom stereocenters. The number of primary amides is 1. The summed E-state index contributed by atoms with van der Waals surface area (Å²) >= 11 is 0. The number of nitriles is 1. The number of nitrogens with zero attached hydrogens (tertiary/aromatic N) is 1. The molecule has 2 saturated carbocycles. The van der Waals surface area contributed by atoms with Gasteiger partial charge in [-0.2, -0.15) is 5.26 Å². The molecule has 2 aliphatic rings. The number of carbonyl (C=O) groups excluding carboxylic acids is 1. The Bertz CT molecular complexity index is 944. The quantitative estimate of drug-likeness (QED) is 0.746. The molecular formula is C22H20F4N2O. The van der Waals surface area contributed by atoms with Crippen LogP contribution in [0.25, 0.3) is 0 Å². The van der Waals surface area contributed by atoms with Gasteiger partial charge in [0.1, 0.15) is 23.0 Å². The predicted octanol–water partition coefficient (Wildman–Crippen LogP) is 4.81. The Hall–Kier alpha value is -2.88. The van der Waals surface area contributed by atoms with Gasteiger partial charge in [-0.3, -0.25) is 4.79 Å². The van der Waals surface area contributed by atoms with Gasteiger partial charge < -0.3 is 5.73 Å². The van der Waals surface area contributed by atoms with Crippen molar-refractivity contribution < 1.29 is 22.4 Å². The molecule has 0 radical (unpaired) electrons. The molecule has 0 aromatic heterocycles. The van der Waals surface area contributed by atoms with Gasteiger partial charge in [-0.25, -0.2) is 17.6 Å². The first kappa shape index (κ1) is 20.8. The molecule has 4 rings (SSSR count). The lowest BCUT2D eigenvalue weighted by atomic mass is 9.68. The van der Waals surface area contributed by atoms with E-state index in [1.165, 1.54) is 36.4 Å². The average molecular weight is 404 g/mol. The van der Waals surface area contributed by atoms with E-state index in [1.54, 1.807) is 6.07 Å². The molecule has 0 bridgehead atoms. The van der Waals surface area contributed by atoms with Crippen molar-refractivity contribution in [2.45, 2.75) is 37.0 Å². The van der Waals surface area contributed by atoms with Crippen molar-refractivity contribution in [3.63, 3.8) is 0 Å². The Morgan fingerprint density at radius 3 is 1.76 bits per heavy atom. The smallest absolute Gasteiger partial charge is 0.220 e. The summed E-state index contributed by atoms with van der Waals surface area (Å²) in [6.45, 7) is 0. The molecule has 2 aromatic carbocycles. The van der Waals surface area contributed by atoms with Gasteiger partial charge in [0.2, 0.25) is 5.91 Å². The molecule has 0 aliphatic heterocycles. The molecule has 152 valence electrons. The molecule has 2 aromatic rings. The molecule has 3 nitrogen and oxygen atoms in total. The number of carbonyl (C=O) groups is 1. The molecule has 2 fully saturated rings. The number of hydrogen-bond acceptors (Lipinski definition) is 2. The fourth-order valence-corrected chi connectivity index (χ4v) is 3.74. The van der Waals surface area contributed by atoms with Crippen molar-refractivity contribution in [3.05, 3.63) is 71.3 Å². The number of halogens is 4. The topological polar surface area (TPSA) is 66.9 Å². The van der Waals surface area contributed by atoms with Crippen molar-refractivity contribution in [1.82, 2.24) is 0 Å². The summed E-state index contributed by atoms with van der Waals surface area (Å²) < 4.78 is 53.7. The van der Waals surface area contributed by atoms with Crippen molar-refractivity contribution in [3.8, 4) is 6.07 Å². The number of alkyl halides is 2. The maximum absolute atomic E-state index is 14.1. The first-order valence-corrected chi connectivity index (χ1v) is 9.24. The van der Waals surface area contributed by atoms with Crippen molar-refractivity contribution in [2.24, 2.45) is 17.6 Å². The zero-order valence-corrected chi connectivity index (χ0v) is 15.5. The Morgan fingerprint density at radius 1 is 0.931 bits per heavy atom. The van der Waals surface area contributed by atoms with E-state index in [4.69, 9.17) is 11.0 Å². The second kappa shape index (κ2) is 7.86. The monoisotopic (exact) mass is 404 g/mol. The van der Waals surface area contributed by atoms with Crippen molar-refractivity contribution >= 4 is 5.91 Å². The van der Waals surface area contributed by atoms with Gasteiger partial charge in [0.15, 0.2) is 0 Å². The van der Waals surface area contributed by atoms with Crippen molar-refractivity contribution in [2.75, 3.05) is 0 Å². The lowest BCUT2D eigenvalue weighted by Gasteiger charge is -2.40. The molecule has 0 unspecified atom stereocenters. The molecule has 1 amide bonds. The van der Waals surface area contributed by atoms with Gasteiger partial charge in [-0.05, 0) is 48.2 Å². The van der Waals surface area contributed by atoms with Crippen LogP contribution < -0.4 is 5.73 Å². The van der Waals surface area contributed by atoms with Crippen LogP contribution >= 0.6 is 0 Å². The number of amides is 1. The number of nitrogens with two attached hydrogens (primary N) is 1. The maximum atomic E-state index is 14.1. The Balaban J connectivity index is 0.000000166. The molecule has 0 spiro atoms. The summed E-state index contributed by atoms with van der Waals surface area (Å²) in [5.74, 6) is -2.02. The fourth-order valence-electron chi connectivity index (χ4n) is 3.74. The highest BCUT2D eigenvalue weighted by atomic mass is 19.2. The highest BCUT2D eigenvalue weighted by Crippen LogP contribution is 2.49. The van der Waals surface area contributed by atoms with E-state index >= 15 is 0 Å². The van der Waals surface area contributed by atoms with Gasteiger partial charge in [0, 0.05) is 18.8 Å². The lowest BCUT2D eigenvalue weighted by Crippen LogP contribution is -2.43. The van der Waals surface area contributed by atoms with Crippen molar-refractivity contribution in [1.29, 1.82) is 5.26 Å². The number of benzene rings is 2. The summed E-state index contributed by atoms with van der Waals surface area (Å²) in [4.78, 5) is 10.7. The van der Waals surface area contributed by atoms with Gasteiger partial charge in [-0.1, -0.05) is 24.3 Å². The molecular weight excluding hydrogens is 384 g/mol. The van der Waals surface area contributed by atoms with E-state index in [9.17, 15) is 22.4 Å². The van der Waals surface area contributed by atoms with E-state index in [2.05, 4.69) is 0 Å². The molecule has 2 N–H and O–H groups in total. The average Bonchev–Trinajstić information content (AvgIpc) is 2.63. The minimum Gasteiger partial charge on any atom is -0.369 e. The SMILES string of the molecule is N#CC1CC(F)(c2cccc(F)c2)C1.NC(=O)C1CC(F)(c2cccc(F)c2)C1. The summed E-state index contributed by atoms with van der Waals surface area (Å²) in [6.07, 6.45) is 0.498. The highest BCUT2D eigenvalue weighted by molar-refractivity contribution is 5.78. The van der Waals surface area contributed by atoms with E-state index in [-0.39, 0.29) is 31.6 Å². The van der Waals surface area contributed by atoms with Crippen LogP contribution in [-0.2, 0) is 16.1 Å². The summed E-state index contributed by atoms with van der Waals surface area (Å²) in [5.41, 5.74) is 2.62. The Labute approximate surface area is 166 Å². The van der Waals surface area contributed by atoms with Crippen LogP contribution in [0.15, 0.2) is 48.5 Å². The van der Waals surface area contributed by atoms with Crippen LogP contribution in [0.2, 0.25) is 0 Å². The van der Waals surface area contributed by atoms with Crippen LogP contribution in [0.5, 0.6) is 0 Å². The Morgan fingerprint density at radius 2 is 1.38 bits per heavy atom.